The topological polar surface area (TPSA) is 87.5 Å². The van der Waals surface area contributed by atoms with Crippen molar-refractivity contribution in [2.45, 2.75) is 12.8 Å². The van der Waals surface area contributed by atoms with Gasteiger partial charge in [-0.15, -0.1) is 0 Å². The summed E-state index contributed by atoms with van der Waals surface area (Å²) in [6, 6.07) is 3.77. The maximum atomic E-state index is 11.4. The van der Waals surface area contributed by atoms with Crippen LogP contribution in [-0.4, -0.2) is 31.4 Å². The number of nitrogen functional groups attached to an aromatic ring is 1. The summed E-state index contributed by atoms with van der Waals surface area (Å²) in [6.45, 7) is 1.64. The van der Waals surface area contributed by atoms with Crippen molar-refractivity contribution >= 4 is 28.9 Å². The first-order valence-electron chi connectivity index (χ1n) is 6.37. The van der Waals surface area contributed by atoms with Crippen molar-refractivity contribution in [1.82, 2.24) is 5.32 Å². The molecule has 0 radical (unpaired) electrons. The van der Waals surface area contributed by atoms with Gasteiger partial charge >= 0.3 is 0 Å². The molecule has 2 heterocycles. The minimum absolute atomic E-state index is 0.00703. The first-order valence-corrected chi connectivity index (χ1v) is 6.37. The number of rotatable bonds is 1. The number of aryl methyl sites for hydroxylation is 1. The molecule has 1 aromatic rings. The van der Waals surface area contributed by atoms with Gasteiger partial charge in [-0.1, -0.05) is 0 Å². The molecule has 0 bridgehead atoms. The molecular weight excluding hydrogens is 244 g/mol. The zero-order valence-corrected chi connectivity index (χ0v) is 10.5. The van der Waals surface area contributed by atoms with Crippen LogP contribution in [0.4, 0.5) is 17.1 Å². The van der Waals surface area contributed by atoms with Gasteiger partial charge in [-0.25, -0.2) is 0 Å². The van der Waals surface area contributed by atoms with Gasteiger partial charge in [0.2, 0.25) is 11.8 Å². The lowest BCUT2D eigenvalue weighted by molar-refractivity contribution is -0.120. The second-order valence-corrected chi connectivity index (χ2v) is 4.89. The van der Waals surface area contributed by atoms with Crippen molar-refractivity contribution in [3.05, 3.63) is 17.7 Å². The third-order valence-electron chi connectivity index (χ3n) is 3.53. The highest BCUT2D eigenvalue weighted by atomic mass is 16.2. The van der Waals surface area contributed by atoms with Crippen LogP contribution < -0.4 is 21.3 Å². The zero-order valence-electron chi connectivity index (χ0n) is 10.5. The molecule has 19 heavy (non-hydrogen) atoms. The number of carbonyl (C=O) groups is 2. The van der Waals surface area contributed by atoms with E-state index < -0.39 is 0 Å². The number of fused-ring (bicyclic) bond motifs is 1. The summed E-state index contributed by atoms with van der Waals surface area (Å²) in [6.07, 6.45) is 1.21. The highest BCUT2D eigenvalue weighted by molar-refractivity contribution is 5.96. The molecule has 4 N–H and O–H groups in total. The summed E-state index contributed by atoms with van der Waals surface area (Å²) in [5, 5.41) is 5.64. The van der Waals surface area contributed by atoms with Gasteiger partial charge in [-0.05, 0) is 24.1 Å². The van der Waals surface area contributed by atoms with E-state index in [9.17, 15) is 9.59 Å². The predicted molar refractivity (Wildman–Crippen MR) is 73.0 cm³/mol. The summed E-state index contributed by atoms with van der Waals surface area (Å²) < 4.78 is 0. The van der Waals surface area contributed by atoms with Crippen LogP contribution >= 0.6 is 0 Å². The quantitative estimate of drug-likeness (QED) is 0.624. The van der Waals surface area contributed by atoms with Gasteiger partial charge in [0.25, 0.3) is 0 Å². The van der Waals surface area contributed by atoms with Crippen LogP contribution in [0, 0.1) is 0 Å². The first kappa shape index (κ1) is 11.8. The van der Waals surface area contributed by atoms with E-state index in [1.54, 1.807) is 0 Å². The molecule has 1 saturated heterocycles. The van der Waals surface area contributed by atoms with Gasteiger partial charge in [0, 0.05) is 25.2 Å². The molecule has 0 aromatic heterocycles. The highest BCUT2D eigenvalue weighted by Gasteiger charge is 2.22. The van der Waals surface area contributed by atoms with Crippen LogP contribution in [0.3, 0.4) is 0 Å². The number of nitrogens with zero attached hydrogens (tertiary/aromatic N) is 1. The van der Waals surface area contributed by atoms with Crippen LogP contribution in [0.2, 0.25) is 0 Å². The average Bonchev–Trinajstić information content (AvgIpc) is 2.38. The van der Waals surface area contributed by atoms with Crippen LogP contribution in [0.25, 0.3) is 0 Å². The number of anilines is 3. The lowest BCUT2D eigenvalue weighted by Crippen LogP contribution is -2.48. The average molecular weight is 260 g/mol. The number of benzene rings is 1. The summed E-state index contributed by atoms with van der Waals surface area (Å²) in [7, 11) is 0. The molecule has 100 valence electrons. The number of amides is 2. The number of nitrogens with one attached hydrogen (secondary N) is 2. The molecule has 2 aliphatic rings. The van der Waals surface area contributed by atoms with Crippen LogP contribution in [0.15, 0.2) is 12.1 Å². The number of piperazine rings is 1. The van der Waals surface area contributed by atoms with Crippen LogP contribution in [0.1, 0.15) is 12.0 Å². The lowest BCUT2D eigenvalue weighted by atomic mass is 10.0. The molecule has 0 unspecified atom stereocenters. The van der Waals surface area contributed by atoms with E-state index in [0.717, 1.165) is 23.5 Å². The fourth-order valence-corrected chi connectivity index (χ4v) is 2.55. The van der Waals surface area contributed by atoms with Crippen molar-refractivity contribution in [3.63, 3.8) is 0 Å². The second kappa shape index (κ2) is 4.46. The van der Waals surface area contributed by atoms with E-state index in [2.05, 4.69) is 10.6 Å². The Morgan fingerprint density at radius 1 is 1.16 bits per heavy atom. The highest BCUT2D eigenvalue weighted by Crippen LogP contribution is 2.33. The molecule has 2 aliphatic heterocycles. The molecule has 2 amide bonds. The van der Waals surface area contributed by atoms with Gasteiger partial charge in [0.15, 0.2) is 0 Å². The third kappa shape index (κ3) is 2.21. The molecule has 1 fully saturated rings. The number of carbonyl (C=O) groups excluding carboxylic acids is 2. The Labute approximate surface area is 110 Å². The molecule has 0 spiro atoms. The largest absolute Gasteiger partial charge is 0.397 e. The monoisotopic (exact) mass is 260 g/mol. The summed E-state index contributed by atoms with van der Waals surface area (Å²) in [4.78, 5) is 24.8. The molecule has 6 heteroatoms. The van der Waals surface area contributed by atoms with Gasteiger partial charge in [-0.2, -0.15) is 0 Å². The Morgan fingerprint density at radius 2 is 2.00 bits per heavy atom. The first-order chi connectivity index (χ1) is 9.13. The number of hydrogen-bond donors (Lipinski definition) is 3. The fraction of sp³-hybridized carbons (Fsp3) is 0.385. The molecule has 1 aromatic carbocycles. The normalized spacial score (nSPS) is 18.6. The molecule has 3 rings (SSSR count). The molecule has 6 nitrogen and oxygen atoms in total. The van der Waals surface area contributed by atoms with Crippen LogP contribution in [-0.2, 0) is 16.0 Å². The van der Waals surface area contributed by atoms with Gasteiger partial charge in [0.1, 0.15) is 0 Å². The number of nitrogens with two attached hydrogens (primary N) is 1. The Bertz CT molecular complexity index is 556. The summed E-state index contributed by atoms with van der Waals surface area (Å²) >= 11 is 0. The third-order valence-corrected chi connectivity index (χ3v) is 3.53. The van der Waals surface area contributed by atoms with Crippen molar-refractivity contribution < 1.29 is 9.59 Å². The van der Waals surface area contributed by atoms with E-state index >= 15 is 0 Å². The Hall–Kier alpha value is -2.24. The minimum Gasteiger partial charge on any atom is -0.397 e. The van der Waals surface area contributed by atoms with E-state index in [1.165, 1.54) is 0 Å². The fourth-order valence-electron chi connectivity index (χ4n) is 2.55. The zero-order chi connectivity index (χ0) is 13.4. The lowest BCUT2D eigenvalue weighted by Gasteiger charge is -2.31. The van der Waals surface area contributed by atoms with Gasteiger partial charge in [-0.3, -0.25) is 9.59 Å². The maximum Gasteiger partial charge on any atom is 0.239 e. The van der Waals surface area contributed by atoms with Gasteiger partial charge < -0.3 is 21.3 Å². The van der Waals surface area contributed by atoms with E-state index in [1.807, 2.05) is 17.0 Å². The van der Waals surface area contributed by atoms with E-state index in [0.29, 0.717) is 31.6 Å². The SMILES string of the molecule is Nc1cc2c(cc1N1CCNC(=O)C1)NC(=O)CC2. The van der Waals surface area contributed by atoms with E-state index in [-0.39, 0.29) is 11.8 Å². The van der Waals surface area contributed by atoms with Gasteiger partial charge in [0.05, 0.1) is 17.9 Å². The van der Waals surface area contributed by atoms with Crippen molar-refractivity contribution in [3.8, 4) is 0 Å². The Balaban J connectivity index is 1.95. The van der Waals surface area contributed by atoms with Crippen molar-refractivity contribution in [1.29, 1.82) is 0 Å². The smallest absolute Gasteiger partial charge is 0.239 e. The molecule has 0 aliphatic carbocycles. The van der Waals surface area contributed by atoms with Crippen molar-refractivity contribution in [2.75, 3.05) is 35.6 Å². The Kier molecular flexibility index (Phi) is 2.77. The number of hydrogen-bond acceptors (Lipinski definition) is 4. The second-order valence-electron chi connectivity index (χ2n) is 4.89. The van der Waals surface area contributed by atoms with Crippen molar-refractivity contribution in [2.24, 2.45) is 0 Å². The predicted octanol–water partition coefficient (Wildman–Crippen LogP) is 0.0897. The Morgan fingerprint density at radius 3 is 2.79 bits per heavy atom. The van der Waals surface area contributed by atoms with E-state index in [4.69, 9.17) is 5.73 Å². The minimum atomic E-state index is -0.00703. The maximum absolute atomic E-state index is 11.4. The standard InChI is InChI=1S/C13H16N4O2/c14-9-5-8-1-2-12(18)16-10(8)6-11(9)17-4-3-15-13(19)7-17/h5-6H,1-4,7,14H2,(H,15,19)(H,16,18). The summed E-state index contributed by atoms with van der Waals surface area (Å²) in [5.74, 6) is 0.0204. The molecule has 0 atom stereocenters. The van der Waals surface area contributed by atoms with Crippen LogP contribution in [0.5, 0.6) is 0 Å². The molecular formula is C13H16N4O2. The summed E-state index contributed by atoms with van der Waals surface area (Å²) in [5.41, 5.74) is 9.41. The molecule has 0 saturated carbocycles.